The number of aliphatic hydroxyl groups is 1. The molecule has 0 aliphatic carbocycles. The van der Waals surface area contributed by atoms with E-state index in [1.54, 1.807) is 0 Å². The maximum Gasteiger partial charge on any atom is 0.182 e. The predicted octanol–water partition coefficient (Wildman–Crippen LogP) is 0.734. The summed E-state index contributed by atoms with van der Waals surface area (Å²) in [5, 5.41) is 8.54. The number of aliphatic hydroxyl groups excluding tert-OH is 1. The molecular formula is C13H19FN2O3. The predicted molar refractivity (Wildman–Crippen MR) is 68.5 cm³/mol. The number of likely N-dealkylation sites (N-methyl/N-ethyl adjacent to an activating group) is 1. The van der Waals surface area contributed by atoms with E-state index in [9.17, 15) is 9.18 Å². The molecule has 5 nitrogen and oxygen atoms in total. The number of ether oxygens (including phenoxy) is 1. The lowest BCUT2D eigenvalue weighted by Crippen LogP contribution is -2.26. The highest BCUT2D eigenvalue weighted by Crippen LogP contribution is 2.02. The van der Waals surface area contributed by atoms with Gasteiger partial charge < -0.3 is 14.7 Å². The molecule has 106 valence electrons. The van der Waals surface area contributed by atoms with Gasteiger partial charge >= 0.3 is 0 Å². The summed E-state index contributed by atoms with van der Waals surface area (Å²) < 4.78 is 17.8. The molecule has 1 heterocycles. The molecule has 0 bridgehead atoms. The van der Waals surface area contributed by atoms with Crippen LogP contribution in [-0.2, 0) is 4.74 Å². The largest absolute Gasteiger partial charge is 0.394 e. The monoisotopic (exact) mass is 270 g/mol. The third-order valence-electron chi connectivity index (χ3n) is 2.59. The third-order valence-corrected chi connectivity index (χ3v) is 2.59. The van der Waals surface area contributed by atoms with E-state index in [1.165, 1.54) is 12.1 Å². The fourth-order valence-electron chi connectivity index (χ4n) is 1.46. The maximum absolute atomic E-state index is 12.7. The van der Waals surface area contributed by atoms with Crippen molar-refractivity contribution in [2.24, 2.45) is 0 Å². The van der Waals surface area contributed by atoms with Gasteiger partial charge in [-0.2, -0.15) is 0 Å². The molecule has 0 unspecified atom stereocenters. The first-order valence-electron chi connectivity index (χ1n) is 6.15. The summed E-state index contributed by atoms with van der Waals surface area (Å²) in [6, 6.07) is 2.62. The Morgan fingerprint density at radius 1 is 1.42 bits per heavy atom. The minimum absolute atomic E-state index is 0.0123. The molecule has 0 spiro atoms. The molecule has 6 heteroatoms. The Balaban J connectivity index is 2.24. The van der Waals surface area contributed by atoms with Crippen molar-refractivity contribution in [1.29, 1.82) is 0 Å². The highest BCUT2D eigenvalue weighted by atomic mass is 19.1. The lowest BCUT2D eigenvalue weighted by atomic mass is 10.2. The summed E-state index contributed by atoms with van der Waals surface area (Å²) in [4.78, 5) is 17.5. The topological polar surface area (TPSA) is 62.7 Å². The average Bonchev–Trinajstić information content (AvgIpc) is 2.42. The standard InChI is InChI=1S/C13H19FN2O3/c1-16(6-8-19-9-7-17)5-4-13(18)12-3-2-11(14)10-15-12/h2-3,10,17H,4-9H2,1H3. The second kappa shape index (κ2) is 8.68. The van der Waals surface area contributed by atoms with Crippen LogP contribution in [0.2, 0.25) is 0 Å². The van der Waals surface area contributed by atoms with Gasteiger partial charge in [0.2, 0.25) is 0 Å². The molecule has 0 saturated carbocycles. The molecule has 0 fully saturated rings. The Kier molecular flexibility index (Phi) is 7.17. The van der Waals surface area contributed by atoms with E-state index in [-0.39, 0.29) is 18.1 Å². The Hall–Kier alpha value is -1.37. The first-order valence-corrected chi connectivity index (χ1v) is 6.15. The summed E-state index contributed by atoms with van der Waals surface area (Å²) in [6.45, 7) is 2.12. The molecule has 0 amide bonds. The Labute approximate surface area is 112 Å². The van der Waals surface area contributed by atoms with Gasteiger partial charge in [-0.25, -0.2) is 4.39 Å². The smallest absolute Gasteiger partial charge is 0.182 e. The van der Waals surface area contributed by atoms with Crippen LogP contribution >= 0.6 is 0 Å². The number of Topliss-reactive ketones (excluding diaryl/α,β-unsaturated/α-hetero) is 1. The Bertz CT molecular complexity index is 384. The van der Waals surface area contributed by atoms with Crippen molar-refractivity contribution in [2.45, 2.75) is 6.42 Å². The summed E-state index contributed by atoms with van der Waals surface area (Å²) in [5.41, 5.74) is 0.284. The quantitative estimate of drug-likeness (QED) is 0.529. The van der Waals surface area contributed by atoms with Gasteiger partial charge in [-0.3, -0.25) is 9.78 Å². The summed E-state index contributed by atoms with van der Waals surface area (Å²) in [6.07, 6.45) is 1.37. The van der Waals surface area contributed by atoms with Crippen LogP contribution in [0.1, 0.15) is 16.9 Å². The Morgan fingerprint density at radius 2 is 2.21 bits per heavy atom. The van der Waals surface area contributed by atoms with Crippen molar-refractivity contribution in [3.63, 3.8) is 0 Å². The van der Waals surface area contributed by atoms with E-state index in [1.807, 2.05) is 11.9 Å². The maximum atomic E-state index is 12.7. The van der Waals surface area contributed by atoms with Crippen molar-refractivity contribution in [3.8, 4) is 0 Å². The summed E-state index contributed by atoms with van der Waals surface area (Å²) in [5.74, 6) is -0.558. The van der Waals surface area contributed by atoms with Crippen LogP contribution in [0, 0.1) is 5.82 Å². The highest BCUT2D eigenvalue weighted by molar-refractivity contribution is 5.94. The van der Waals surface area contributed by atoms with Crippen LogP contribution in [0.4, 0.5) is 4.39 Å². The van der Waals surface area contributed by atoms with E-state index >= 15 is 0 Å². The van der Waals surface area contributed by atoms with Crippen LogP contribution in [0.3, 0.4) is 0 Å². The van der Waals surface area contributed by atoms with E-state index in [2.05, 4.69) is 4.98 Å². The molecule has 0 aliphatic heterocycles. The van der Waals surface area contributed by atoms with Gasteiger partial charge in [-0.05, 0) is 19.2 Å². The minimum Gasteiger partial charge on any atom is -0.394 e. The zero-order valence-electron chi connectivity index (χ0n) is 11.0. The van der Waals surface area contributed by atoms with Gasteiger partial charge in [0.25, 0.3) is 0 Å². The normalized spacial score (nSPS) is 10.9. The van der Waals surface area contributed by atoms with Gasteiger partial charge in [-0.1, -0.05) is 0 Å². The van der Waals surface area contributed by atoms with Crippen LogP contribution in [0.25, 0.3) is 0 Å². The van der Waals surface area contributed by atoms with E-state index in [4.69, 9.17) is 9.84 Å². The number of hydrogen-bond donors (Lipinski definition) is 1. The number of rotatable bonds is 9. The van der Waals surface area contributed by atoms with Gasteiger partial charge in [0.15, 0.2) is 5.78 Å². The number of ketones is 1. The number of carbonyl (C=O) groups excluding carboxylic acids is 1. The SMILES string of the molecule is CN(CCOCCO)CCC(=O)c1ccc(F)cn1. The number of pyridine rings is 1. The second-order valence-corrected chi connectivity index (χ2v) is 4.17. The fraction of sp³-hybridized carbons (Fsp3) is 0.538. The first kappa shape index (κ1) is 15.7. The van der Waals surface area contributed by atoms with Crippen molar-refractivity contribution >= 4 is 5.78 Å². The van der Waals surface area contributed by atoms with E-state index < -0.39 is 5.82 Å². The Morgan fingerprint density at radius 3 is 2.84 bits per heavy atom. The molecule has 1 N–H and O–H groups in total. The fourth-order valence-corrected chi connectivity index (χ4v) is 1.46. The zero-order chi connectivity index (χ0) is 14.1. The highest BCUT2D eigenvalue weighted by Gasteiger charge is 2.09. The van der Waals surface area contributed by atoms with Crippen molar-refractivity contribution < 1.29 is 19.0 Å². The van der Waals surface area contributed by atoms with Crippen molar-refractivity contribution in [3.05, 3.63) is 29.8 Å². The third kappa shape index (κ3) is 6.37. The molecular weight excluding hydrogens is 251 g/mol. The average molecular weight is 270 g/mol. The van der Waals surface area contributed by atoms with Gasteiger partial charge in [0.05, 0.1) is 26.0 Å². The van der Waals surface area contributed by atoms with Gasteiger partial charge in [0, 0.05) is 19.5 Å². The summed E-state index contributed by atoms with van der Waals surface area (Å²) >= 11 is 0. The zero-order valence-corrected chi connectivity index (χ0v) is 11.0. The molecule has 0 saturated heterocycles. The molecule has 1 aromatic heterocycles. The molecule has 0 radical (unpaired) electrons. The number of halogens is 1. The molecule has 0 aromatic carbocycles. The van der Waals surface area contributed by atoms with Crippen molar-refractivity contribution in [1.82, 2.24) is 9.88 Å². The number of hydrogen-bond acceptors (Lipinski definition) is 5. The molecule has 1 rings (SSSR count). The number of nitrogens with zero attached hydrogens (tertiary/aromatic N) is 2. The number of carbonyl (C=O) groups is 1. The van der Waals surface area contributed by atoms with E-state index in [0.29, 0.717) is 32.7 Å². The lowest BCUT2D eigenvalue weighted by Gasteiger charge is -2.15. The van der Waals surface area contributed by atoms with Crippen LogP contribution < -0.4 is 0 Å². The lowest BCUT2D eigenvalue weighted by molar-refractivity contribution is 0.0766. The van der Waals surface area contributed by atoms with Crippen molar-refractivity contribution in [2.75, 3.05) is 40.0 Å². The second-order valence-electron chi connectivity index (χ2n) is 4.17. The molecule has 19 heavy (non-hydrogen) atoms. The number of aromatic nitrogens is 1. The molecule has 0 atom stereocenters. The van der Waals surface area contributed by atoms with Crippen LogP contribution in [-0.4, -0.2) is 60.7 Å². The van der Waals surface area contributed by atoms with Gasteiger partial charge in [0.1, 0.15) is 11.5 Å². The van der Waals surface area contributed by atoms with Crippen LogP contribution in [0.15, 0.2) is 18.3 Å². The molecule has 1 aromatic rings. The van der Waals surface area contributed by atoms with E-state index in [0.717, 1.165) is 6.20 Å². The molecule has 0 aliphatic rings. The van der Waals surface area contributed by atoms with Gasteiger partial charge in [-0.15, -0.1) is 0 Å². The minimum atomic E-state index is -0.449. The first-order chi connectivity index (χ1) is 9.13. The summed E-state index contributed by atoms with van der Waals surface area (Å²) in [7, 11) is 1.88. The van der Waals surface area contributed by atoms with Crippen LogP contribution in [0.5, 0.6) is 0 Å².